The van der Waals surface area contributed by atoms with Gasteiger partial charge in [-0.05, 0) is 31.3 Å². The molecular formula is C10H16O2. The summed E-state index contributed by atoms with van der Waals surface area (Å²) in [5.74, 6) is 0.329. The summed E-state index contributed by atoms with van der Waals surface area (Å²) >= 11 is 0. The van der Waals surface area contributed by atoms with Crippen molar-refractivity contribution in [3.05, 3.63) is 11.3 Å². The molecule has 0 aromatic rings. The molecule has 0 amide bonds. The van der Waals surface area contributed by atoms with Gasteiger partial charge >= 0.3 is 0 Å². The van der Waals surface area contributed by atoms with Crippen molar-refractivity contribution in [3.63, 3.8) is 0 Å². The fraction of sp³-hybridized carbons (Fsp3) is 0.700. The summed E-state index contributed by atoms with van der Waals surface area (Å²) in [5.41, 5.74) is 0.844. The van der Waals surface area contributed by atoms with E-state index in [1.807, 2.05) is 20.8 Å². The Morgan fingerprint density at radius 2 is 2.08 bits per heavy atom. The van der Waals surface area contributed by atoms with Gasteiger partial charge in [0.2, 0.25) is 0 Å². The van der Waals surface area contributed by atoms with Crippen molar-refractivity contribution in [2.75, 3.05) is 0 Å². The third kappa shape index (κ3) is 1.52. The highest BCUT2D eigenvalue weighted by molar-refractivity contribution is 5.96. The second-order valence-electron chi connectivity index (χ2n) is 3.88. The number of allylic oxidation sites excluding steroid dienone is 2. The summed E-state index contributed by atoms with van der Waals surface area (Å²) in [7, 11) is 0. The Hall–Kier alpha value is -0.790. The fourth-order valence-corrected chi connectivity index (χ4v) is 1.64. The van der Waals surface area contributed by atoms with Gasteiger partial charge in [-0.1, -0.05) is 13.8 Å². The number of hydrogen-bond donors (Lipinski definition) is 1. The molecule has 1 N–H and O–H groups in total. The number of hydrogen-bond acceptors (Lipinski definition) is 2. The Labute approximate surface area is 73.3 Å². The first-order valence-corrected chi connectivity index (χ1v) is 4.47. The Bertz CT molecular complexity index is 226. The quantitative estimate of drug-likeness (QED) is 0.653. The molecule has 0 heterocycles. The van der Waals surface area contributed by atoms with Gasteiger partial charge in [0.05, 0.1) is 0 Å². The Balaban J connectivity index is 2.84. The maximum absolute atomic E-state index is 11.5. The number of Topliss-reactive ketones (excluding diaryl/α,β-unsaturated/α-hetero) is 1. The van der Waals surface area contributed by atoms with Gasteiger partial charge in [-0.15, -0.1) is 0 Å². The lowest BCUT2D eigenvalue weighted by Crippen LogP contribution is -2.26. The van der Waals surface area contributed by atoms with Gasteiger partial charge in [0.1, 0.15) is 0 Å². The number of carbonyl (C=O) groups excluding carboxylic acids is 1. The zero-order valence-electron chi connectivity index (χ0n) is 7.92. The number of aliphatic hydroxyl groups is 1. The second-order valence-corrected chi connectivity index (χ2v) is 3.88. The van der Waals surface area contributed by atoms with E-state index in [0.29, 0.717) is 5.92 Å². The van der Waals surface area contributed by atoms with Crippen molar-refractivity contribution in [1.29, 1.82) is 0 Å². The summed E-state index contributed by atoms with van der Waals surface area (Å²) in [5, 5.41) is 9.40. The number of aliphatic hydroxyl groups excluding tert-OH is 1. The Morgan fingerprint density at radius 3 is 2.58 bits per heavy atom. The number of rotatable bonds is 1. The molecule has 0 saturated carbocycles. The lowest BCUT2D eigenvalue weighted by Gasteiger charge is -2.24. The largest absolute Gasteiger partial charge is 0.504 e. The van der Waals surface area contributed by atoms with Crippen LogP contribution in [0.15, 0.2) is 11.3 Å². The van der Waals surface area contributed by atoms with E-state index in [2.05, 4.69) is 0 Å². The van der Waals surface area contributed by atoms with Gasteiger partial charge in [-0.3, -0.25) is 4.79 Å². The molecule has 0 spiro atoms. The summed E-state index contributed by atoms with van der Waals surface area (Å²) in [6, 6.07) is 0. The molecule has 0 radical (unpaired) electrons. The summed E-state index contributed by atoms with van der Waals surface area (Å²) in [6.07, 6.45) is 1.76. The van der Waals surface area contributed by atoms with Crippen LogP contribution in [0.25, 0.3) is 0 Å². The first kappa shape index (κ1) is 9.30. The SMILES string of the molecule is CC1=C(O)C(=O)C(C(C)C)CC1. The first-order valence-electron chi connectivity index (χ1n) is 4.47. The molecule has 12 heavy (non-hydrogen) atoms. The van der Waals surface area contributed by atoms with E-state index in [1.54, 1.807) is 0 Å². The molecule has 68 valence electrons. The van der Waals surface area contributed by atoms with Gasteiger partial charge < -0.3 is 5.11 Å². The highest BCUT2D eigenvalue weighted by atomic mass is 16.3. The van der Waals surface area contributed by atoms with Crippen molar-refractivity contribution in [1.82, 2.24) is 0 Å². The lowest BCUT2D eigenvalue weighted by atomic mass is 9.81. The molecular weight excluding hydrogens is 152 g/mol. The molecule has 1 rings (SSSR count). The van der Waals surface area contributed by atoms with E-state index in [1.165, 1.54) is 0 Å². The predicted octanol–water partition coefficient (Wildman–Crippen LogP) is 2.45. The lowest BCUT2D eigenvalue weighted by molar-refractivity contribution is -0.123. The maximum atomic E-state index is 11.5. The molecule has 0 saturated heterocycles. The van der Waals surface area contributed by atoms with E-state index in [0.717, 1.165) is 18.4 Å². The monoisotopic (exact) mass is 168 g/mol. The molecule has 2 nitrogen and oxygen atoms in total. The Morgan fingerprint density at radius 1 is 1.50 bits per heavy atom. The zero-order chi connectivity index (χ0) is 9.30. The van der Waals surface area contributed by atoms with Crippen LogP contribution in [0.1, 0.15) is 33.6 Å². The van der Waals surface area contributed by atoms with Crippen LogP contribution >= 0.6 is 0 Å². The van der Waals surface area contributed by atoms with Crippen LogP contribution < -0.4 is 0 Å². The van der Waals surface area contributed by atoms with Crippen molar-refractivity contribution in [2.45, 2.75) is 33.6 Å². The molecule has 1 aliphatic carbocycles. The van der Waals surface area contributed by atoms with Gasteiger partial charge in [-0.2, -0.15) is 0 Å². The van der Waals surface area contributed by atoms with Crippen LogP contribution in [0.4, 0.5) is 0 Å². The summed E-state index contributed by atoms with van der Waals surface area (Å²) in [4.78, 5) is 11.5. The second kappa shape index (κ2) is 3.30. The first-order chi connectivity index (χ1) is 5.54. The third-order valence-corrected chi connectivity index (χ3v) is 2.61. The number of ketones is 1. The van der Waals surface area contributed by atoms with Crippen LogP contribution in [0.5, 0.6) is 0 Å². The standard InChI is InChI=1S/C10H16O2/c1-6(2)8-5-4-7(3)9(11)10(8)12/h6,8,11H,4-5H2,1-3H3. The van der Waals surface area contributed by atoms with Crippen LogP contribution in [0.2, 0.25) is 0 Å². The van der Waals surface area contributed by atoms with E-state index in [4.69, 9.17) is 0 Å². The molecule has 1 unspecified atom stereocenters. The normalized spacial score (nSPS) is 25.3. The van der Waals surface area contributed by atoms with Crippen LogP contribution in [-0.4, -0.2) is 10.9 Å². The molecule has 1 aliphatic rings. The average molecular weight is 168 g/mol. The Kier molecular flexibility index (Phi) is 2.55. The molecule has 0 aromatic carbocycles. The smallest absolute Gasteiger partial charge is 0.200 e. The predicted molar refractivity (Wildman–Crippen MR) is 47.9 cm³/mol. The van der Waals surface area contributed by atoms with Crippen molar-refractivity contribution in [2.24, 2.45) is 11.8 Å². The average Bonchev–Trinajstić information content (AvgIpc) is 2.00. The van der Waals surface area contributed by atoms with Gasteiger partial charge in [0.15, 0.2) is 11.5 Å². The van der Waals surface area contributed by atoms with Gasteiger partial charge in [-0.25, -0.2) is 0 Å². The minimum atomic E-state index is -0.0613. The topological polar surface area (TPSA) is 37.3 Å². The highest BCUT2D eigenvalue weighted by Crippen LogP contribution is 2.29. The molecule has 0 fully saturated rings. The third-order valence-electron chi connectivity index (χ3n) is 2.61. The van der Waals surface area contributed by atoms with Gasteiger partial charge in [0, 0.05) is 5.92 Å². The minimum absolute atomic E-state index is 0.0138. The molecule has 0 aromatic heterocycles. The van der Waals surface area contributed by atoms with E-state index in [9.17, 15) is 9.90 Å². The zero-order valence-corrected chi connectivity index (χ0v) is 7.92. The van der Waals surface area contributed by atoms with Crippen LogP contribution in [0, 0.1) is 11.8 Å². The minimum Gasteiger partial charge on any atom is -0.504 e. The van der Waals surface area contributed by atoms with E-state index < -0.39 is 0 Å². The van der Waals surface area contributed by atoms with Crippen molar-refractivity contribution < 1.29 is 9.90 Å². The maximum Gasteiger partial charge on any atom is 0.200 e. The van der Waals surface area contributed by atoms with Crippen molar-refractivity contribution >= 4 is 5.78 Å². The van der Waals surface area contributed by atoms with E-state index in [-0.39, 0.29) is 17.5 Å². The summed E-state index contributed by atoms with van der Waals surface area (Å²) < 4.78 is 0. The molecule has 1 atom stereocenters. The molecule has 0 aliphatic heterocycles. The van der Waals surface area contributed by atoms with Crippen molar-refractivity contribution in [3.8, 4) is 0 Å². The summed E-state index contributed by atoms with van der Waals surface area (Å²) in [6.45, 7) is 5.87. The fourth-order valence-electron chi connectivity index (χ4n) is 1.64. The molecule has 0 bridgehead atoms. The highest BCUT2D eigenvalue weighted by Gasteiger charge is 2.29. The van der Waals surface area contributed by atoms with Gasteiger partial charge in [0.25, 0.3) is 0 Å². The van der Waals surface area contributed by atoms with E-state index >= 15 is 0 Å². The number of carbonyl (C=O) groups is 1. The van der Waals surface area contributed by atoms with Crippen LogP contribution in [-0.2, 0) is 4.79 Å². The van der Waals surface area contributed by atoms with Crippen LogP contribution in [0.3, 0.4) is 0 Å². The molecule has 2 heteroatoms.